The van der Waals surface area contributed by atoms with Crippen molar-refractivity contribution in [3.63, 3.8) is 0 Å². The van der Waals surface area contributed by atoms with Crippen LogP contribution >= 0.6 is 11.6 Å². The highest BCUT2D eigenvalue weighted by atomic mass is 35.5. The maximum atomic E-state index is 11.9. The number of methoxy groups -OCH3 is 1. The van der Waals surface area contributed by atoms with Gasteiger partial charge in [0.15, 0.2) is 17.6 Å². The molecule has 0 aliphatic rings. The Morgan fingerprint density at radius 2 is 1.63 bits per heavy atom. The second-order valence-electron chi connectivity index (χ2n) is 7.68. The number of carboxylic acids is 1. The molecule has 1 unspecified atom stereocenters. The predicted octanol–water partition coefficient (Wildman–Crippen LogP) is 6.06. The van der Waals surface area contributed by atoms with Gasteiger partial charge in [0.25, 0.3) is 0 Å². The van der Waals surface area contributed by atoms with Crippen molar-refractivity contribution in [1.82, 2.24) is 0 Å². The fraction of sp³-hybridized carbons (Fsp3) is 0.214. The minimum Gasteiger partial charge on any atom is -0.493 e. The van der Waals surface area contributed by atoms with Crippen molar-refractivity contribution in [2.75, 3.05) is 13.7 Å². The first-order valence-electron chi connectivity index (χ1n) is 11.2. The number of halogens is 1. The summed E-state index contributed by atoms with van der Waals surface area (Å²) in [5.41, 5.74) is 3.80. The molecular formula is C28H27ClO6. The molecule has 0 radical (unpaired) electrons. The number of hydrogen-bond donors (Lipinski definition) is 1. The van der Waals surface area contributed by atoms with E-state index in [1.165, 1.54) is 13.2 Å². The van der Waals surface area contributed by atoms with E-state index in [2.05, 4.69) is 0 Å². The molecule has 3 aromatic carbocycles. The molecule has 0 fully saturated rings. The highest BCUT2D eigenvalue weighted by Crippen LogP contribution is 2.30. The molecule has 182 valence electrons. The fourth-order valence-electron chi connectivity index (χ4n) is 3.43. The highest BCUT2D eigenvalue weighted by Gasteiger charge is 2.21. The van der Waals surface area contributed by atoms with Gasteiger partial charge in [-0.25, -0.2) is 9.59 Å². The van der Waals surface area contributed by atoms with E-state index in [1.807, 2.05) is 48.5 Å². The maximum absolute atomic E-state index is 11.9. The lowest BCUT2D eigenvalue weighted by molar-refractivity contribution is -0.145. The summed E-state index contributed by atoms with van der Waals surface area (Å²) in [7, 11) is 1.47. The molecule has 0 heterocycles. The standard InChI is InChI=1S/C28H27ClO6/c1-3-34-27(30)17-8-20-7-15-24(26(18-20)33-2)35-25(28(31)32)16-6-19-4-9-21(10-5-19)22-11-13-23(29)14-12-22/h4-5,7-15,17-18,25H,3,6,16H2,1-2H3,(H,31,32)/b17-8+. The number of aliphatic carboxylic acids is 1. The Bertz CT molecular complexity index is 1170. The summed E-state index contributed by atoms with van der Waals surface area (Å²) < 4.78 is 16.0. The summed E-state index contributed by atoms with van der Waals surface area (Å²) in [5, 5.41) is 10.4. The summed E-state index contributed by atoms with van der Waals surface area (Å²) >= 11 is 5.95. The van der Waals surface area contributed by atoms with Crippen LogP contribution in [0.2, 0.25) is 5.02 Å². The summed E-state index contributed by atoms with van der Waals surface area (Å²) in [6.45, 7) is 2.03. The van der Waals surface area contributed by atoms with Crippen molar-refractivity contribution in [3.05, 3.63) is 89.0 Å². The zero-order valence-corrected chi connectivity index (χ0v) is 20.3. The van der Waals surface area contributed by atoms with Gasteiger partial charge >= 0.3 is 11.9 Å². The summed E-state index contributed by atoms with van der Waals surface area (Å²) in [4.78, 5) is 23.4. The number of carboxylic acid groups (broad SMARTS) is 1. The van der Waals surface area contributed by atoms with Crippen LogP contribution in [0.1, 0.15) is 24.5 Å². The molecule has 0 saturated heterocycles. The van der Waals surface area contributed by atoms with Gasteiger partial charge in [-0.1, -0.05) is 54.1 Å². The van der Waals surface area contributed by atoms with Crippen LogP contribution in [0, 0.1) is 0 Å². The van der Waals surface area contributed by atoms with Gasteiger partial charge in [0, 0.05) is 11.1 Å². The third-order valence-electron chi connectivity index (χ3n) is 5.26. The van der Waals surface area contributed by atoms with E-state index in [1.54, 1.807) is 31.2 Å². The van der Waals surface area contributed by atoms with E-state index in [0.717, 1.165) is 16.7 Å². The van der Waals surface area contributed by atoms with E-state index in [0.29, 0.717) is 35.1 Å². The van der Waals surface area contributed by atoms with Crippen LogP contribution in [0.3, 0.4) is 0 Å². The van der Waals surface area contributed by atoms with E-state index < -0.39 is 18.0 Å². The Morgan fingerprint density at radius 1 is 0.971 bits per heavy atom. The van der Waals surface area contributed by atoms with Crippen LogP contribution < -0.4 is 9.47 Å². The maximum Gasteiger partial charge on any atom is 0.344 e. The molecule has 0 saturated carbocycles. The third kappa shape index (κ3) is 7.62. The van der Waals surface area contributed by atoms with Crippen molar-refractivity contribution in [3.8, 4) is 22.6 Å². The van der Waals surface area contributed by atoms with Gasteiger partial charge in [0.2, 0.25) is 0 Å². The smallest absolute Gasteiger partial charge is 0.344 e. The fourth-order valence-corrected chi connectivity index (χ4v) is 3.56. The zero-order chi connectivity index (χ0) is 25.2. The molecule has 1 atom stereocenters. The average molecular weight is 495 g/mol. The molecule has 35 heavy (non-hydrogen) atoms. The molecule has 0 bridgehead atoms. The Balaban J connectivity index is 1.65. The third-order valence-corrected chi connectivity index (χ3v) is 5.51. The molecule has 0 aliphatic heterocycles. The van der Waals surface area contributed by atoms with Crippen LogP contribution in [0.4, 0.5) is 0 Å². The molecule has 0 aromatic heterocycles. The van der Waals surface area contributed by atoms with Crippen molar-refractivity contribution in [1.29, 1.82) is 0 Å². The first kappa shape index (κ1) is 25.8. The van der Waals surface area contributed by atoms with Crippen molar-refractivity contribution < 1.29 is 28.9 Å². The van der Waals surface area contributed by atoms with Crippen LogP contribution in [0.5, 0.6) is 11.5 Å². The van der Waals surface area contributed by atoms with Gasteiger partial charge in [-0.15, -0.1) is 0 Å². The van der Waals surface area contributed by atoms with E-state index in [4.69, 9.17) is 25.8 Å². The van der Waals surface area contributed by atoms with Crippen LogP contribution in [0.15, 0.2) is 72.8 Å². The minimum atomic E-state index is -1.06. The Hall–Kier alpha value is -3.77. The molecule has 0 spiro atoms. The Morgan fingerprint density at radius 3 is 2.23 bits per heavy atom. The second kappa shape index (κ2) is 12.6. The highest BCUT2D eigenvalue weighted by molar-refractivity contribution is 6.30. The lowest BCUT2D eigenvalue weighted by Gasteiger charge is -2.17. The van der Waals surface area contributed by atoms with Gasteiger partial charge in [-0.2, -0.15) is 0 Å². The first-order chi connectivity index (χ1) is 16.9. The number of aryl methyl sites for hydroxylation is 1. The first-order valence-corrected chi connectivity index (χ1v) is 11.5. The number of carbonyl (C=O) groups excluding carboxylic acids is 1. The topological polar surface area (TPSA) is 82.1 Å². The molecule has 7 heteroatoms. The quantitative estimate of drug-likeness (QED) is 0.258. The van der Waals surface area contributed by atoms with Crippen molar-refractivity contribution >= 4 is 29.6 Å². The minimum absolute atomic E-state index is 0.281. The van der Waals surface area contributed by atoms with Crippen molar-refractivity contribution in [2.45, 2.75) is 25.9 Å². The van der Waals surface area contributed by atoms with Gasteiger partial charge in [0.05, 0.1) is 13.7 Å². The van der Waals surface area contributed by atoms with E-state index in [9.17, 15) is 14.7 Å². The monoisotopic (exact) mass is 494 g/mol. The van der Waals surface area contributed by atoms with E-state index in [-0.39, 0.29) is 6.42 Å². The largest absolute Gasteiger partial charge is 0.493 e. The van der Waals surface area contributed by atoms with E-state index >= 15 is 0 Å². The number of benzene rings is 3. The SMILES string of the molecule is CCOC(=O)/C=C/c1ccc(OC(CCc2ccc(-c3ccc(Cl)cc3)cc2)C(=O)O)c(OC)c1. The molecule has 0 aliphatic carbocycles. The van der Waals surface area contributed by atoms with Crippen LogP contribution in [0.25, 0.3) is 17.2 Å². The summed E-state index contributed by atoms with van der Waals surface area (Å²) in [6.07, 6.45) is 2.66. The molecule has 0 amide bonds. The molecular weight excluding hydrogens is 468 g/mol. The van der Waals surface area contributed by atoms with Crippen molar-refractivity contribution in [2.24, 2.45) is 0 Å². The summed E-state index contributed by atoms with van der Waals surface area (Å²) in [6, 6.07) is 20.6. The number of esters is 1. The van der Waals surface area contributed by atoms with Crippen LogP contribution in [-0.2, 0) is 20.7 Å². The van der Waals surface area contributed by atoms with Gasteiger partial charge in [-0.3, -0.25) is 0 Å². The lowest BCUT2D eigenvalue weighted by Crippen LogP contribution is -2.27. The molecule has 3 rings (SSSR count). The number of hydrogen-bond acceptors (Lipinski definition) is 5. The number of rotatable bonds is 11. The number of carbonyl (C=O) groups is 2. The average Bonchev–Trinajstić information content (AvgIpc) is 2.86. The molecule has 1 N–H and O–H groups in total. The second-order valence-corrected chi connectivity index (χ2v) is 8.12. The zero-order valence-electron chi connectivity index (χ0n) is 19.6. The van der Waals surface area contributed by atoms with Gasteiger partial charge in [0.1, 0.15) is 0 Å². The van der Waals surface area contributed by atoms with Crippen LogP contribution in [-0.4, -0.2) is 36.9 Å². The molecule has 6 nitrogen and oxygen atoms in total. The van der Waals surface area contributed by atoms with Gasteiger partial charge in [-0.05, 0) is 72.4 Å². The lowest BCUT2D eigenvalue weighted by atomic mass is 10.0. The predicted molar refractivity (Wildman–Crippen MR) is 136 cm³/mol. The van der Waals surface area contributed by atoms with Gasteiger partial charge < -0.3 is 19.3 Å². The summed E-state index contributed by atoms with van der Waals surface area (Å²) in [5.74, 6) is -0.823. The Labute approximate surface area is 209 Å². The Kier molecular flexibility index (Phi) is 9.32. The normalized spacial score (nSPS) is 11.7. The molecule has 3 aromatic rings. The number of ether oxygens (including phenoxy) is 3.